The van der Waals surface area contributed by atoms with Gasteiger partial charge in [0, 0.05) is 101 Å². The number of likely N-dealkylation sites (N-methyl/N-ethyl adjacent to an activating group) is 1. The van der Waals surface area contributed by atoms with Crippen LogP contribution in [-0.2, 0) is 32.1 Å². The van der Waals surface area contributed by atoms with Crippen LogP contribution in [0.2, 0.25) is 0 Å². The van der Waals surface area contributed by atoms with Crippen molar-refractivity contribution in [3.63, 3.8) is 0 Å². The molecule has 5 fully saturated rings. The van der Waals surface area contributed by atoms with Crippen molar-refractivity contribution in [2.24, 2.45) is 46.3 Å². The number of amides is 1. The Labute approximate surface area is 267 Å². The number of hydrogen-bond donors (Lipinski definition) is 0. The topological polar surface area (TPSA) is 104 Å². The Bertz CT molecular complexity index is 1390. The summed E-state index contributed by atoms with van der Waals surface area (Å²) in [6, 6.07) is 0. The Hall–Kier alpha value is -2.68. The Kier molecular flexibility index (Phi) is 7.93. The van der Waals surface area contributed by atoms with E-state index in [9.17, 15) is 19.2 Å². The molecule has 45 heavy (non-hydrogen) atoms. The molecule has 0 bridgehead atoms. The second kappa shape index (κ2) is 11.5. The van der Waals surface area contributed by atoms with E-state index < -0.39 is 5.41 Å². The normalized spacial score (nSPS) is 37.5. The molecule has 244 valence electrons. The minimum absolute atomic E-state index is 0.0617. The second-order valence-corrected chi connectivity index (χ2v) is 16.0. The highest BCUT2D eigenvalue weighted by Crippen LogP contribution is 2.66. The van der Waals surface area contributed by atoms with Gasteiger partial charge in [0.25, 0.3) is 0 Å². The molecule has 1 amide bonds. The number of ketones is 3. The molecule has 1 aromatic rings. The van der Waals surface area contributed by atoms with Crippen LogP contribution in [0.25, 0.3) is 0 Å². The highest BCUT2D eigenvalue weighted by atomic mass is 16.2. The number of hydrogen-bond acceptors (Lipinski definition) is 8. The van der Waals surface area contributed by atoms with Crippen molar-refractivity contribution < 1.29 is 19.2 Å². The third-order valence-electron chi connectivity index (χ3n) is 13.8. The first kappa shape index (κ1) is 30.9. The smallest absolute Gasteiger partial charge is 0.225 e. The third-order valence-corrected chi connectivity index (χ3v) is 13.8. The van der Waals surface area contributed by atoms with Gasteiger partial charge in [0.2, 0.25) is 11.9 Å². The molecule has 0 N–H and O–H groups in total. The monoisotopic (exact) mass is 617 g/mol. The van der Waals surface area contributed by atoms with Crippen molar-refractivity contribution in [3.05, 3.63) is 17.5 Å². The molecule has 6 aliphatic rings. The molecule has 2 aliphatic heterocycles. The van der Waals surface area contributed by atoms with E-state index in [4.69, 9.17) is 4.98 Å². The van der Waals surface area contributed by atoms with E-state index in [2.05, 4.69) is 42.6 Å². The van der Waals surface area contributed by atoms with Crippen LogP contribution in [-0.4, -0.2) is 82.8 Å². The van der Waals surface area contributed by atoms with E-state index in [0.29, 0.717) is 56.8 Å². The number of Topliss-reactive ketones (excluding diaryl/α,β-unsaturated/α-hetero) is 3. The minimum Gasteiger partial charge on any atom is -0.338 e. The molecule has 7 rings (SSSR count). The predicted molar refractivity (Wildman–Crippen MR) is 170 cm³/mol. The zero-order valence-electron chi connectivity index (χ0n) is 27.7. The average molecular weight is 618 g/mol. The number of anilines is 1. The lowest BCUT2D eigenvalue weighted by atomic mass is 9.44. The van der Waals surface area contributed by atoms with Gasteiger partial charge in [0.15, 0.2) is 0 Å². The Morgan fingerprint density at radius 2 is 1.78 bits per heavy atom. The maximum absolute atomic E-state index is 14.1. The number of carbonyl (C=O) groups is 4. The lowest BCUT2D eigenvalue weighted by Gasteiger charge is -2.58. The molecule has 4 saturated carbocycles. The number of carbonyl (C=O) groups excluding carboxylic acids is 4. The van der Waals surface area contributed by atoms with Crippen LogP contribution in [0.4, 0.5) is 5.95 Å². The van der Waals surface area contributed by atoms with Crippen molar-refractivity contribution >= 4 is 29.2 Å². The standard InChI is InChI=1S/C36H51N5O4/c1-22(5-8-32(45)41-12-10-29-23(21-41)20-37-34(38-29)40-15-13-39(4)14-16-40)26-6-7-27-33-28(19-31(44)36(26,27)3)35(2)11-9-25(42)17-24(35)18-30(33)43/h20,22,24,26-28,33H,5-19,21H2,1-4H3/t22-,24+,26?,27+,28+,33+,35+,36-/m1/s1. The van der Waals surface area contributed by atoms with Gasteiger partial charge in [0.05, 0.1) is 5.69 Å². The Balaban J connectivity index is 0.980. The zero-order valence-corrected chi connectivity index (χ0v) is 27.7. The fraction of sp³-hybridized carbons (Fsp3) is 0.778. The van der Waals surface area contributed by atoms with Gasteiger partial charge in [-0.1, -0.05) is 20.8 Å². The number of fused-ring (bicyclic) bond motifs is 6. The lowest BCUT2D eigenvalue weighted by molar-refractivity contribution is -0.166. The van der Waals surface area contributed by atoms with Crippen molar-refractivity contribution in [1.82, 2.24) is 19.8 Å². The van der Waals surface area contributed by atoms with Crippen molar-refractivity contribution in [2.75, 3.05) is 44.7 Å². The van der Waals surface area contributed by atoms with E-state index in [1.807, 2.05) is 11.1 Å². The van der Waals surface area contributed by atoms with Gasteiger partial charge >= 0.3 is 0 Å². The quantitative estimate of drug-likeness (QED) is 0.486. The number of rotatable bonds is 5. The summed E-state index contributed by atoms with van der Waals surface area (Å²) in [6.45, 7) is 11.8. The van der Waals surface area contributed by atoms with Gasteiger partial charge in [-0.25, -0.2) is 9.97 Å². The van der Waals surface area contributed by atoms with Crippen LogP contribution >= 0.6 is 0 Å². The van der Waals surface area contributed by atoms with E-state index in [1.54, 1.807) is 0 Å². The van der Waals surface area contributed by atoms with E-state index >= 15 is 0 Å². The van der Waals surface area contributed by atoms with Crippen molar-refractivity contribution in [2.45, 2.75) is 91.5 Å². The van der Waals surface area contributed by atoms with Crippen LogP contribution < -0.4 is 4.90 Å². The maximum Gasteiger partial charge on any atom is 0.225 e. The van der Waals surface area contributed by atoms with Crippen molar-refractivity contribution in [1.29, 1.82) is 0 Å². The summed E-state index contributed by atoms with van der Waals surface area (Å²) in [6.07, 6.45) is 8.63. The molecule has 3 heterocycles. The van der Waals surface area contributed by atoms with Crippen LogP contribution in [0.5, 0.6) is 0 Å². The first-order chi connectivity index (χ1) is 21.5. The SMILES string of the molecule is C[C@H](CCC(=O)N1CCc2nc(N3CCN(C)CC3)ncc2C1)C1CC[C@H]2[C@@H]3C(=O)C[C@@H]4CC(=O)CC[C@]4(C)[C@H]3CC(=O)[C@]12C. The highest BCUT2D eigenvalue weighted by Gasteiger charge is 2.66. The average Bonchev–Trinajstić information content (AvgIpc) is 3.39. The first-order valence-corrected chi connectivity index (χ1v) is 17.6. The number of nitrogens with zero attached hydrogens (tertiary/aromatic N) is 5. The van der Waals surface area contributed by atoms with Crippen LogP contribution in [0.15, 0.2) is 6.20 Å². The van der Waals surface area contributed by atoms with Gasteiger partial charge in [-0.05, 0) is 67.7 Å². The molecule has 0 spiro atoms. The molecule has 4 aliphatic carbocycles. The molecule has 0 aromatic carbocycles. The zero-order chi connectivity index (χ0) is 31.7. The molecule has 0 radical (unpaired) electrons. The van der Waals surface area contributed by atoms with Gasteiger partial charge in [0.1, 0.15) is 17.3 Å². The highest BCUT2D eigenvalue weighted by molar-refractivity contribution is 5.93. The Morgan fingerprint density at radius 1 is 1.00 bits per heavy atom. The molecular weight excluding hydrogens is 566 g/mol. The number of aromatic nitrogens is 2. The first-order valence-electron chi connectivity index (χ1n) is 17.6. The minimum atomic E-state index is -0.504. The van der Waals surface area contributed by atoms with E-state index in [0.717, 1.165) is 75.5 Å². The molecule has 8 atom stereocenters. The fourth-order valence-electron chi connectivity index (χ4n) is 10.8. The van der Waals surface area contributed by atoms with Crippen LogP contribution in [0, 0.1) is 46.3 Å². The Morgan fingerprint density at radius 3 is 2.56 bits per heavy atom. The van der Waals surface area contributed by atoms with E-state index in [1.165, 1.54) is 0 Å². The number of piperazine rings is 1. The summed E-state index contributed by atoms with van der Waals surface area (Å²) >= 11 is 0. The summed E-state index contributed by atoms with van der Waals surface area (Å²) in [5.74, 6) is 2.48. The largest absolute Gasteiger partial charge is 0.338 e. The van der Waals surface area contributed by atoms with Gasteiger partial charge in [-0.2, -0.15) is 0 Å². The second-order valence-electron chi connectivity index (χ2n) is 16.0. The fourth-order valence-corrected chi connectivity index (χ4v) is 10.8. The predicted octanol–water partition coefficient (Wildman–Crippen LogP) is 4.12. The summed E-state index contributed by atoms with van der Waals surface area (Å²) in [5, 5.41) is 0. The molecule has 1 aromatic heterocycles. The third kappa shape index (κ3) is 5.16. The van der Waals surface area contributed by atoms with Crippen LogP contribution in [0.1, 0.15) is 89.8 Å². The molecule has 1 unspecified atom stereocenters. The van der Waals surface area contributed by atoms with Gasteiger partial charge in [-0.15, -0.1) is 0 Å². The molecule has 1 saturated heterocycles. The maximum atomic E-state index is 14.1. The van der Waals surface area contributed by atoms with Crippen LogP contribution in [0.3, 0.4) is 0 Å². The molecular formula is C36H51N5O4. The van der Waals surface area contributed by atoms with Gasteiger partial charge in [-0.3, -0.25) is 19.2 Å². The molecule has 9 nitrogen and oxygen atoms in total. The summed E-state index contributed by atoms with van der Waals surface area (Å²) < 4.78 is 0. The summed E-state index contributed by atoms with van der Waals surface area (Å²) in [5.41, 5.74) is 1.51. The lowest BCUT2D eigenvalue weighted by Crippen LogP contribution is -2.60. The van der Waals surface area contributed by atoms with Gasteiger partial charge < -0.3 is 14.7 Å². The summed E-state index contributed by atoms with van der Waals surface area (Å²) in [4.78, 5) is 69.6. The summed E-state index contributed by atoms with van der Waals surface area (Å²) in [7, 11) is 2.14. The molecule has 9 heteroatoms. The van der Waals surface area contributed by atoms with E-state index in [-0.39, 0.29) is 52.6 Å². The van der Waals surface area contributed by atoms with Crippen molar-refractivity contribution in [3.8, 4) is 0 Å².